The molecule has 2 N–H and O–H groups in total. The summed E-state index contributed by atoms with van der Waals surface area (Å²) in [5, 5.41) is 19.3. The number of carboxylic acids is 1. The zero-order valence-electron chi connectivity index (χ0n) is 15.2. The number of aromatic nitrogens is 1. The minimum Gasteiger partial charge on any atom is -0.478 e. The van der Waals surface area contributed by atoms with Gasteiger partial charge < -0.3 is 10.1 Å². The smallest absolute Gasteiger partial charge is 0.335 e. The van der Waals surface area contributed by atoms with Gasteiger partial charge in [-0.25, -0.2) is 4.79 Å². The molecule has 0 radical (unpaired) electrons. The highest BCUT2D eigenvalue weighted by atomic mass is 32.2. The molecule has 140 valence electrons. The van der Waals surface area contributed by atoms with Gasteiger partial charge in [0.15, 0.2) is 0 Å². The molecule has 0 bridgehead atoms. The molecular weight excluding hydrogens is 372 g/mol. The van der Waals surface area contributed by atoms with Crippen molar-refractivity contribution in [2.45, 2.75) is 24.1 Å². The van der Waals surface area contributed by atoms with E-state index in [1.165, 1.54) is 23.9 Å². The lowest BCUT2D eigenvalue weighted by Crippen LogP contribution is -2.08. The first-order valence-electron chi connectivity index (χ1n) is 8.73. The summed E-state index contributed by atoms with van der Waals surface area (Å²) >= 11 is 1.31. The summed E-state index contributed by atoms with van der Waals surface area (Å²) < 4.78 is 0. The van der Waals surface area contributed by atoms with Crippen LogP contribution in [-0.4, -0.2) is 16.1 Å². The predicted molar refractivity (Wildman–Crippen MR) is 110 cm³/mol. The van der Waals surface area contributed by atoms with Crippen molar-refractivity contribution in [2.24, 2.45) is 0 Å². The molecule has 1 heterocycles. The number of thioether (sulfide) groups is 1. The average Bonchev–Trinajstić information content (AvgIpc) is 2.72. The molecule has 0 aliphatic heterocycles. The number of nitriles is 1. The minimum absolute atomic E-state index is 0.206. The predicted octanol–water partition coefficient (Wildman–Crippen LogP) is 4.47. The van der Waals surface area contributed by atoms with Crippen molar-refractivity contribution in [3.63, 3.8) is 0 Å². The van der Waals surface area contributed by atoms with E-state index in [0.29, 0.717) is 21.9 Å². The van der Waals surface area contributed by atoms with Gasteiger partial charge in [-0.3, -0.25) is 4.79 Å². The summed E-state index contributed by atoms with van der Waals surface area (Å²) in [5.41, 5.74) is 3.69. The van der Waals surface area contributed by atoms with Crippen LogP contribution in [0.5, 0.6) is 0 Å². The summed E-state index contributed by atoms with van der Waals surface area (Å²) in [6.07, 6.45) is 0.862. The van der Waals surface area contributed by atoms with E-state index in [1.807, 2.05) is 30.3 Å². The van der Waals surface area contributed by atoms with Crippen molar-refractivity contribution < 1.29 is 9.90 Å². The number of rotatable bonds is 6. The van der Waals surface area contributed by atoms with Crippen molar-refractivity contribution in [2.75, 3.05) is 0 Å². The maximum absolute atomic E-state index is 12.2. The van der Waals surface area contributed by atoms with Crippen LogP contribution in [0, 0.1) is 11.3 Å². The lowest BCUT2D eigenvalue weighted by atomic mass is 9.99. The van der Waals surface area contributed by atoms with Gasteiger partial charge in [-0.2, -0.15) is 5.26 Å². The Bertz CT molecular complexity index is 1130. The Morgan fingerprint density at radius 3 is 2.61 bits per heavy atom. The number of hydrogen-bond donors (Lipinski definition) is 2. The number of aryl methyl sites for hydroxylation is 1. The van der Waals surface area contributed by atoms with Crippen molar-refractivity contribution in [3.8, 4) is 17.2 Å². The summed E-state index contributed by atoms with van der Waals surface area (Å²) in [7, 11) is 0. The molecule has 6 heteroatoms. The molecular formula is C22H18N2O3S. The number of aromatic carboxylic acids is 1. The molecule has 0 aliphatic rings. The molecule has 0 amide bonds. The van der Waals surface area contributed by atoms with Crippen LogP contribution in [0.2, 0.25) is 0 Å². The second-order valence-corrected chi connectivity index (χ2v) is 7.20. The molecule has 3 aromatic rings. The number of carbonyl (C=O) groups is 1. The van der Waals surface area contributed by atoms with Crippen LogP contribution in [0.25, 0.3) is 11.1 Å². The van der Waals surface area contributed by atoms with Crippen molar-refractivity contribution in [3.05, 3.63) is 87.2 Å². The maximum atomic E-state index is 12.2. The lowest BCUT2D eigenvalue weighted by molar-refractivity contribution is 0.0697. The Balaban J connectivity index is 1.97. The third kappa shape index (κ3) is 4.33. The van der Waals surface area contributed by atoms with Gasteiger partial charge in [-0.15, -0.1) is 11.8 Å². The van der Waals surface area contributed by atoms with E-state index in [2.05, 4.69) is 18.0 Å². The number of pyridine rings is 1. The Labute approximate surface area is 166 Å². The normalized spacial score (nSPS) is 10.4. The largest absolute Gasteiger partial charge is 0.478 e. The Hall–Kier alpha value is -3.30. The fraction of sp³-hybridized carbons (Fsp3) is 0.136. The molecule has 0 spiro atoms. The molecule has 0 unspecified atom stereocenters. The van der Waals surface area contributed by atoms with Crippen molar-refractivity contribution in [1.82, 2.24) is 4.98 Å². The fourth-order valence-corrected chi connectivity index (χ4v) is 3.85. The maximum Gasteiger partial charge on any atom is 0.335 e. The zero-order valence-corrected chi connectivity index (χ0v) is 16.0. The molecule has 0 atom stereocenters. The SMILES string of the molecule is CCc1cccc(-c2cc(=O)[nH]c(SCc3cccc(C(=O)O)c3)c2C#N)c1. The van der Waals surface area contributed by atoms with Crippen LogP contribution < -0.4 is 5.56 Å². The van der Waals surface area contributed by atoms with Crippen LogP contribution in [0.15, 0.2) is 64.4 Å². The lowest BCUT2D eigenvalue weighted by Gasteiger charge is -2.10. The van der Waals surface area contributed by atoms with Crippen LogP contribution in [0.3, 0.4) is 0 Å². The van der Waals surface area contributed by atoms with E-state index in [-0.39, 0.29) is 11.1 Å². The first-order chi connectivity index (χ1) is 13.5. The van der Waals surface area contributed by atoms with Crippen molar-refractivity contribution >= 4 is 17.7 Å². The van der Waals surface area contributed by atoms with Crippen LogP contribution in [0.4, 0.5) is 0 Å². The standard InChI is InChI=1S/C22H18N2O3S/c1-2-14-5-3-7-16(9-14)18-11-20(25)24-21(19(18)12-23)28-13-15-6-4-8-17(10-15)22(26)27/h3-11H,2,13H2,1H3,(H,24,25)(H,26,27). The molecule has 5 nitrogen and oxygen atoms in total. The molecule has 3 rings (SSSR count). The molecule has 2 aromatic carbocycles. The van der Waals surface area contributed by atoms with Gasteiger partial charge in [-0.05, 0) is 35.2 Å². The summed E-state index contributed by atoms with van der Waals surface area (Å²) in [5.74, 6) is -0.555. The number of aromatic amines is 1. The third-order valence-corrected chi connectivity index (χ3v) is 5.40. The highest BCUT2D eigenvalue weighted by Crippen LogP contribution is 2.31. The third-order valence-electron chi connectivity index (χ3n) is 4.32. The zero-order chi connectivity index (χ0) is 20.1. The second kappa shape index (κ2) is 8.59. The van der Waals surface area contributed by atoms with E-state index < -0.39 is 5.97 Å². The topological polar surface area (TPSA) is 93.9 Å². The van der Waals surface area contributed by atoms with E-state index in [1.54, 1.807) is 12.1 Å². The van der Waals surface area contributed by atoms with Gasteiger partial charge in [0.05, 0.1) is 16.2 Å². The molecule has 0 saturated carbocycles. The molecule has 1 aromatic heterocycles. The fourth-order valence-electron chi connectivity index (χ4n) is 2.89. The van der Waals surface area contributed by atoms with Gasteiger partial charge in [-0.1, -0.05) is 43.3 Å². The number of nitrogens with one attached hydrogen (secondary N) is 1. The quantitative estimate of drug-likeness (QED) is 0.606. The van der Waals surface area contributed by atoms with Crippen LogP contribution in [0.1, 0.15) is 34.0 Å². The number of nitrogens with zero attached hydrogens (tertiary/aromatic N) is 1. The van der Waals surface area contributed by atoms with E-state index >= 15 is 0 Å². The molecule has 0 aliphatic carbocycles. The number of H-pyrrole nitrogens is 1. The Morgan fingerprint density at radius 2 is 1.89 bits per heavy atom. The number of benzene rings is 2. The second-order valence-electron chi connectivity index (χ2n) is 6.21. The number of hydrogen-bond acceptors (Lipinski definition) is 4. The highest BCUT2D eigenvalue weighted by molar-refractivity contribution is 7.98. The molecule has 28 heavy (non-hydrogen) atoms. The first-order valence-corrected chi connectivity index (χ1v) is 9.72. The van der Waals surface area contributed by atoms with E-state index in [0.717, 1.165) is 23.1 Å². The molecule has 0 saturated heterocycles. The van der Waals surface area contributed by atoms with Gasteiger partial charge in [0.25, 0.3) is 0 Å². The Morgan fingerprint density at radius 1 is 1.14 bits per heavy atom. The van der Waals surface area contributed by atoms with Gasteiger partial charge in [0, 0.05) is 17.4 Å². The van der Waals surface area contributed by atoms with Gasteiger partial charge >= 0.3 is 5.97 Å². The van der Waals surface area contributed by atoms with Crippen LogP contribution >= 0.6 is 11.8 Å². The van der Waals surface area contributed by atoms with E-state index in [9.17, 15) is 14.9 Å². The summed E-state index contributed by atoms with van der Waals surface area (Å²) in [6, 6.07) is 18.1. The first kappa shape index (κ1) is 19.5. The minimum atomic E-state index is -0.990. The monoisotopic (exact) mass is 390 g/mol. The summed E-state index contributed by atoms with van der Waals surface area (Å²) in [4.78, 5) is 26.1. The van der Waals surface area contributed by atoms with Crippen molar-refractivity contribution in [1.29, 1.82) is 5.26 Å². The van der Waals surface area contributed by atoms with Crippen LogP contribution in [-0.2, 0) is 12.2 Å². The average molecular weight is 390 g/mol. The van der Waals surface area contributed by atoms with E-state index in [4.69, 9.17) is 5.11 Å². The summed E-state index contributed by atoms with van der Waals surface area (Å²) in [6.45, 7) is 2.05. The van der Waals surface area contributed by atoms with Gasteiger partial charge in [0.2, 0.25) is 5.56 Å². The van der Waals surface area contributed by atoms with Gasteiger partial charge in [0.1, 0.15) is 6.07 Å². The molecule has 0 fully saturated rings. The number of carboxylic acid groups (broad SMARTS) is 1. The Kier molecular flexibility index (Phi) is 5.97. The highest BCUT2D eigenvalue weighted by Gasteiger charge is 2.14.